The van der Waals surface area contributed by atoms with E-state index in [0.29, 0.717) is 5.92 Å². The minimum absolute atomic E-state index is 0.520. The zero-order chi connectivity index (χ0) is 10.7. The number of piperidine rings is 1. The lowest BCUT2D eigenvalue weighted by atomic mass is 9.97. The highest BCUT2D eigenvalue weighted by atomic mass is 16.3. The van der Waals surface area contributed by atoms with Crippen molar-refractivity contribution in [2.75, 3.05) is 27.2 Å². The van der Waals surface area contributed by atoms with E-state index in [1.54, 1.807) is 6.26 Å². The molecular formula is C11H19N3O. The largest absolute Gasteiger partial charge is 0.448 e. The lowest BCUT2D eigenvalue weighted by molar-refractivity contribution is 0.237. The summed E-state index contributed by atoms with van der Waals surface area (Å²) in [6, 6.07) is 0. The summed E-state index contributed by atoms with van der Waals surface area (Å²) in [5.74, 6) is 1.44. The third-order valence-electron chi connectivity index (χ3n) is 3.00. The number of nitrogens with one attached hydrogen (secondary N) is 1. The van der Waals surface area contributed by atoms with Gasteiger partial charge in [0.25, 0.3) is 0 Å². The maximum atomic E-state index is 5.52. The van der Waals surface area contributed by atoms with E-state index < -0.39 is 0 Å². The molecule has 0 aliphatic carbocycles. The number of rotatable bonds is 3. The lowest BCUT2D eigenvalue weighted by Crippen LogP contribution is -2.29. The molecule has 0 bridgehead atoms. The van der Waals surface area contributed by atoms with Gasteiger partial charge in [-0.25, -0.2) is 4.98 Å². The molecule has 0 saturated carbocycles. The molecule has 0 spiro atoms. The van der Waals surface area contributed by atoms with Crippen LogP contribution in [0.2, 0.25) is 0 Å². The zero-order valence-electron chi connectivity index (χ0n) is 9.49. The number of nitrogens with zero attached hydrogens (tertiary/aromatic N) is 2. The molecule has 4 nitrogen and oxygen atoms in total. The minimum atomic E-state index is 0.520. The van der Waals surface area contributed by atoms with E-state index in [2.05, 4.69) is 22.2 Å². The first kappa shape index (κ1) is 10.6. The second kappa shape index (κ2) is 4.77. The second-order valence-corrected chi connectivity index (χ2v) is 4.28. The van der Waals surface area contributed by atoms with Crippen LogP contribution in [0.15, 0.2) is 10.7 Å². The summed E-state index contributed by atoms with van der Waals surface area (Å²) in [4.78, 5) is 6.86. The Balaban J connectivity index is 1.96. The molecule has 1 N–H and O–H groups in total. The van der Waals surface area contributed by atoms with Gasteiger partial charge in [-0.1, -0.05) is 0 Å². The van der Waals surface area contributed by atoms with Gasteiger partial charge in [-0.2, -0.15) is 0 Å². The fourth-order valence-electron chi connectivity index (χ4n) is 2.03. The average molecular weight is 209 g/mol. The van der Waals surface area contributed by atoms with Gasteiger partial charge >= 0.3 is 0 Å². The number of hydrogen-bond acceptors (Lipinski definition) is 4. The first-order valence-electron chi connectivity index (χ1n) is 5.57. The van der Waals surface area contributed by atoms with Crippen LogP contribution in [0.4, 0.5) is 0 Å². The van der Waals surface area contributed by atoms with Crippen LogP contribution in [0.3, 0.4) is 0 Å². The van der Waals surface area contributed by atoms with E-state index in [1.165, 1.54) is 0 Å². The highest BCUT2D eigenvalue weighted by Gasteiger charge is 2.22. The van der Waals surface area contributed by atoms with E-state index in [0.717, 1.165) is 44.1 Å². The molecule has 2 heterocycles. The first-order chi connectivity index (χ1) is 7.29. The number of aromatic nitrogens is 1. The zero-order valence-corrected chi connectivity index (χ0v) is 9.49. The summed E-state index contributed by atoms with van der Waals surface area (Å²) < 4.78 is 5.52. The molecule has 4 heteroatoms. The fraction of sp³-hybridized carbons (Fsp3) is 0.727. The van der Waals surface area contributed by atoms with Crippen molar-refractivity contribution in [2.45, 2.75) is 25.3 Å². The Kier molecular flexibility index (Phi) is 3.38. The summed E-state index contributed by atoms with van der Waals surface area (Å²) in [6.45, 7) is 3.08. The van der Waals surface area contributed by atoms with Crippen LogP contribution in [0.5, 0.6) is 0 Å². The topological polar surface area (TPSA) is 41.3 Å². The van der Waals surface area contributed by atoms with Crippen molar-refractivity contribution in [3.05, 3.63) is 17.8 Å². The molecule has 1 saturated heterocycles. The maximum absolute atomic E-state index is 5.52. The Labute approximate surface area is 90.7 Å². The van der Waals surface area contributed by atoms with Gasteiger partial charge in [-0.3, -0.25) is 0 Å². The smallest absolute Gasteiger partial charge is 0.197 e. The van der Waals surface area contributed by atoms with Crippen LogP contribution in [0.1, 0.15) is 30.3 Å². The third kappa shape index (κ3) is 2.58. The van der Waals surface area contributed by atoms with Gasteiger partial charge in [0.05, 0.1) is 5.69 Å². The van der Waals surface area contributed by atoms with E-state index >= 15 is 0 Å². The standard InChI is InChI=1S/C11H19N3O/c1-12-7-10-8-15-11(13-10)9-3-5-14(2)6-4-9/h8-9,12H,3-7H2,1-2H3. The molecule has 1 aromatic rings. The first-order valence-corrected chi connectivity index (χ1v) is 5.57. The molecule has 2 rings (SSSR count). The van der Waals surface area contributed by atoms with Crippen LogP contribution in [0, 0.1) is 0 Å². The molecule has 1 aliphatic heterocycles. The van der Waals surface area contributed by atoms with Gasteiger partial charge < -0.3 is 14.6 Å². The number of oxazole rings is 1. The van der Waals surface area contributed by atoms with Crippen LogP contribution in [0.25, 0.3) is 0 Å². The molecule has 0 aromatic carbocycles. The second-order valence-electron chi connectivity index (χ2n) is 4.28. The Morgan fingerprint density at radius 3 is 2.93 bits per heavy atom. The minimum Gasteiger partial charge on any atom is -0.448 e. The molecule has 0 radical (unpaired) electrons. The molecule has 1 aliphatic rings. The van der Waals surface area contributed by atoms with Crippen molar-refractivity contribution < 1.29 is 4.42 Å². The molecule has 15 heavy (non-hydrogen) atoms. The Morgan fingerprint density at radius 2 is 2.27 bits per heavy atom. The predicted molar refractivity (Wildman–Crippen MR) is 58.7 cm³/mol. The Hall–Kier alpha value is -0.870. The molecular weight excluding hydrogens is 190 g/mol. The van der Waals surface area contributed by atoms with Crippen LogP contribution in [-0.2, 0) is 6.54 Å². The Morgan fingerprint density at radius 1 is 1.53 bits per heavy atom. The molecule has 1 aromatic heterocycles. The lowest BCUT2D eigenvalue weighted by Gasteiger charge is -2.26. The molecule has 0 amide bonds. The van der Waals surface area contributed by atoms with Crippen molar-refractivity contribution >= 4 is 0 Å². The molecule has 0 atom stereocenters. The van der Waals surface area contributed by atoms with E-state index in [-0.39, 0.29) is 0 Å². The van der Waals surface area contributed by atoms with Gasteiger partial charge in [-0.15, -0.1) is 0 Å². The van der Waals surface area contributed by atoms with Gasteiger partial charge in [0.15, 0.2) is 5.89 Å². The number of hydrogen-bond donors (Lipinski definition) is 1. The Bertz CT molecular complexity index is 303. The summed E-state index contributed by atoms with van der Waals surface area (Å²) in [5.41, 5.74) is 1.01. The SMILES string of the molecule is CNCc1coc(C2CCN(C)CC2)n1. The highest BCUT2D eigenvalue weighted by molar-refractivity contribution is 5.01. The van der Waals surface area contributed by atoms with Crippen molar-refractivity contribution in [2.24, 2.45) is 0 Å². The highest BCUT2D eigenvalue weighted by Crippen LogP contribution is 2.26. The molecule has 0 unspecified atom stereocenters. The summed E-state index contributed by atoms with van der Waals surface area (Å²) >= 11 is 0. The average Bonchev–Trinajstić information content (AvgIpc) is 2.68. The van der Waals surface area contributed by atoms with Crippen molar-refractivity contribution in [1.82, 2.24) is 15.2 Å². The van der Waals surface area contributed by atoms with Gasteiger partial charge in [-0.05, 0) is 40.0 Å². The van der Waals surface area contributed by atoms with Crippen molar-refractivity contribution in [3.8, 4) is 0 Å². The van der Waals surface area contributed by atoms with Gasteiger partial charge in [0.2, 0.25) is 0 Å². The molecule has 1 fully saturated rings. The maximum Gasteiger partial charge on any atom is 0.197 e. The van der Waals surface area contributed by atoms with E-state index in [1.807, 2.05) is 7.05 Å². The normalized spacial score (nSPS) is 19.6. The van der Waals surface area contributed by atoms with Crippen LogP contribution in [-0.4, -0.2) is 37.1 Å². The van der Waals surface area contributed by atoms with Gasteiger partial charge in [0.1, 0.15) is 6.26 Å². The quantitative estimate of drug-likeness (QED) is 0.812. The van der Waals surface area contributed by atoms with Crippen molar-refractivity contribution in [1.29, 1.82) is 0 Å². The monoisotopic (exact) mass is 209 g/mol. The van der Waals surface area contributed by atoms with E-state index in [4.69, 9.17) is 4.42 Å². The van der Waals surface area contributed by atoms with Crippen LogP contribution < -0.4 is 5.32 Å². The third-order valence-corrected chi connectivity index (χ3v) is 3.00. The number of likely N-dealkylation sites (tertiary alicyclic amines) is 1. The van der Waals surface area contributed by atoms with E-state index in [9.17, 15) is 0 Å². The summed E-state index contributed by atoms with van der Waals surface area (Å²) in [5, 5.41) is 3.08. The molecule has 84 valence electrons. The fourth-order valence-corrected chi connectivity index (χ4v) is 2.03. The summed E-state index contributed by atoms with van der Waals surface area (Å²) in [6.07, 6.45) is 4.09. The van der Waals surface area contributed by atoms with Gasteiger partial charge in [0, 0.05) is 12.5 Å². The summed E-state index contributed by atoms with van der Waals surface area (Å²) in [7, 11) is 4.09. The predicted octanol–water partition coefficient (Wildman–Crippen LogP) is 1.20. The van der Waals surface area contributed by atoms with Crippen LogP contribution >= 0.6 is 0 Å². The van der Waals surface area contributed by atoms with Crippen molar-refractivity contribution in [3.63, 3.8) is 0 Å².